The molecule has 1 aromatic heterocycles. The summed E-state index contributed by atoms with van der Waals surface area (Å²) in [5, 5.41) is 2.46. The molecule has 3 rings (SSSR count). The molecule has 1 aromatic carbocycles. The van der Waals surface area contributed by atoms with Crippen LogP contribution in [-0.4, -0.2) is 23.9 Å². The van der Waals surface area contributed by atoms with Crippen LogP contribution in [0.4, 0.5) is 10.5 Å². The Morgan fingerprint density at radius 2 is 1.92 bits per heavy atom. The molecule has 0 saturated heterocycles. The van der Waals surface area contributed by atoms with Gasteiger partial charge in [-0.05, 0) is 48.7 Å². The molecular weight excluding hydrogens is 306 g/mol. The molecule has 3 amide bonds. The predicted octanol–water partition coefficient (Wildman–Crippen LogP) is 3.17. The first-order chi connectivity index (χ1) is 11.4. The Bertz CT molecular complexity index is 751. The summed E-state index contributed by atoms with van der Waals surface area (Å²) in [6.07, 6.45) is 1.17. The van der Waals surface area contributed by atoms with E-state index in [2.05, 4.69) is 12.2 Å². The van der Waals surface area contributed by atoms with Crippen molar-refractivity contribution < 1.29 is 14.0 Å². The maximum atomic E-state index is 12.5. The minimum absolute atomic E-state index is 0.113. The third-order valence-corrected chi connectivity index (χ3v) is 4.30. The Morgan fingerprint density at radius 1 is 1.25 bits per heavy atom. The Balaban J connectivity index is 1.61. The zero-order valence-electron chi connectivity index (χ0n) is 13.8. The van der Waals surface area contributed by atoms with Crippen LogP contribution in [0.25, 0.3) is 0 Å². The number of nitrogens with zero attached hydrogens (tertiary/aromatic N) is 1. The number of nitrogens with one attached hydrogen (secondary N) is 1. The third-order valence-electron chi connectivity index (χ3n) is 4.30. The van der Waals surface area contributed by atoms with E-state index in [4.69, 9.17) is 10.2 Å². The van der Waals surface area contributed by atoms with Crippen molar-refractivity contribution in [3.05, 3.63) is 53.5 Å². The predicted molar refractivity (Wildman–Crippen MR) is 90.7 cm³/mol. The monoisotopic (exact) mass is 327 g/mol. The van der Waals surface area contributed by atoms with Gasteiger partial charge in [-0.1, -0.05) is 6.92 Å². The molecular formula is C18H21N3O3. The summed E-state index contributed by atoms with van der Waals surface area (Å²) in [6.45, 7) is 2.63. The Hall–Kier alpha value is -2.76. The molecule has 3 N–H and O–H groups in total. The van der Waals surface area contributed by atoms with Crippen molar-refractivity contribution in [1.82, 2.24) is 4.90 Å². The van der Waals surface area contributed by atoms with Crippen LogP contribution in [-0.2, 0) is 6.54 Å². The highest BCUT2D eigenvalue weighted by Gasteiger charge is 2.36. The van der Waals surface area contributed by atoms with Crippen molar-refractivity contribution in [3.8, 4) is 0 Å². The number of carbonyl (C=O) groups is 2. The first-order valence-corrected chi connectivity index (χ1v) is 7.94. The normalized spacial score (nSPS) is 18.9. The zero-order chi connectivity index (χ0) is 17.3. The van der Waals surface area contributed by atoms with E-state index in [1.807, 2.05) is 12.1 Å². The summed E-state index contributed by atoms with van der Waals surface area (Å²) < 4.78 is 5.84. The molecule has 1 fully saturated rings. The summed E-state index contributed by atoms with van der Waals surface area (Å²) in [4.78, 5) is 24.9. The molecule has 126 valence electrons. The van der Waals surface area contributed by atoms with Crippen molar-refractivity contribution in [3.63, 3.8) is 0 Å². The van der Waals surface area contributed by atoms with E-state index < -0.39 is 6.03 Å². The number of primary amides is 1. The van der Waals surface area contributed by atoms with Crippen LogP contribution in [0.15, 0.2) is 40.8 Å². The second-order valence-corrected chi connectivity index (χ2v) is 6.35. The average molecular weight is 327 g/mol. The van der Waals surface area contributed by atoms with Gasteiger partial charge in [0.05, 0.1) is 6.54 Å². The SMILES string of the molecule is C[C@@H]1C[C@H]1c1ccc(CN(C)C(=O)c2ccc(NC(N)=O)cc2)o1. The first kappa shape index (κ1) is 16.1. The smallest absolute Gasteiger partial charge is 0.316 e. The molecule has 2 atom stereocenters. The number of benzene rings is 1. The van der Waals surface area contributed by atoms with E-state index >= 15 is 0 Å². The maximum Gasteiger partial charge on any atom is 0.316 e. The number of furan rings is 1. The van der Waals surface area contributed by atoms with E-state index in [1.54, 1.807) is 36.2 Å². The molecule has 6 heteroatoms. The van der Waals surface area contributed by atoms with Gasteiger partial charge < -0.3 is 20.4 Å². The van der Waals surface area contributed by atoms with Gasteiger partial charge in [0.15, 0.2) is 0 Å². The van der Waals surface area contributed by atoms with Crippen LogP contribution in [0, 0.1) is 5.92 Å². The number of carbonyl (C=O) groups excluding carboxylic acids is 2. The van der Waals surface area contributed by atoms with Crippen molar-refractivity contribution in [1.29, 1.82) is 0 Å². The molecule has 1 heterocycles. The van der Waals surface area contributed by atoms with Gasteiger partial charge >= 0.3 is 6.03 Å². The Morgan fingerprint density at radius 3 is 2.50 bits per heavy atom. The lowest BCUT2D eigenvalue weighted by atomic mass is 10.2. The molecule has 1 saturated carbocycles. The standard InChI is InChI=1S/C18H21N3O3/c1-11-9-15(11)16-8-7-14(24-16)10-21(2)17(22)12-3-5-13(6-4-12)20-18(19)23/h3-8,11,15H,9-10H2,1-2H3,(H3,19,20,23)/t11-,15-/m1/s1. The average Bonchev–Trinajstić information content (AvgIpc) is 3.09. The number of amides is 3. The van der Waals surface area contributed by atoms with E-state index in [1.165, 1.54) is 6.42 Å². The van der Waals surface area contributed by atoms with Crippen molar-refractivity contribution in [2.45, 2.75) is 25.8 Å². The Labute approximate surface area is 140 Å². The summed E-state index contributed by atoms with van der Waals surface area (Å²) in [5.41, 5.74) is 6.15. The van der Waals surface area contributed by atoms with Crippen molar-refractivity contribution in [2.24, 2.45) is 11.7 Å². The molecule has 24 heavy (non-hydrogen) atoms. The van der Waals surface area contributed by atoms with Crippen LogP contribution in [0.5, 0.6) is 0 Å². The van der Waals surface area contributed by atoms with E-state index in [9.17, 15) is 9.59 Å². The second kappa shape index (κ2) is 6.39. The van der Waals surface area contributed by atoms with Crippen LogP contribution in [0.1, 0.15) is 41.1 Å². The number of hydrogen-bond donors (Lipinski definition) is 2. The van der Waals surface area contributed by atoms with Crippen molar-refractivity contribution >= 4 is 17.6 Å². The van der Waals surface area contributed by atoms with Crippen LogP contribution >= 0.6 is 0 Å². The summed E-state index contributed by atoms with van der Waals surface area (Å²) in [6, 6.07) is 9.91. The molecule has 2 aromatic rings. The Kier molecular flexibility index (Phi) is 4.29. The maximum absolute atomic E-state index is 12.5. The number of nitrogens with two attached hydrogens (primary N) is 1. The van der Waals surface area contributed by atoms with Gasteiger partial charge in [0.25, 0.3) is 5.91 Å². The second-order valence-electron chi connectivity index (χ2n) is 6.35. The number of anilines is 1. The fraction of sp³-hybridized carbons (Fsp3) is 0.333. The van der Waals surface area contributed by atoms with Gasteiger partial charge in [-0.25, -0.2) is 4.79 Å². The molecule has 0 spiro atoms. The highest BCUT2D eigenvalue weighted by molar-refractivity contribution is 5.95. The molecule has 0 bridgehead atoms. The highest BCUT2D eigenvalue weighted by Crippen LogP contribution is 2.47. The fourth-order valence-electron chi connectivity index (χ4n) is 2.76. The van der Waals surface area contributed by atoms with Gasteiger partial charge in [-0.3, -0.25) is 4.79 Å². The van der Waals surface area contributed by atoms with Gasteiger partial charge in [0, 0.05) is 24.2 Å². The van der Waals surface area contributed by atoms with Crippen LogP contribution < -0.4 is 11.1 Å². The first-order valence-electron chi connectivity index (χ1n) is 7.94. The summed E-state index contributed by atoms with van der Waals surface area (Å²) in [5.74, 6) is 2.91. The van der Waals surface area contributed by atoms with Crippen molar-refractivity contribution in [2.75, 3.05) is 12.4 Å². The lowest BCUT2D eigenvalue weighted by Crippen LogP contribution is -2.26. The van der Waals surface area contributed by atoms with E-state index in [0.717, 1.165) is 11.5 Å². The quantitative estimate of drug-likeness (QED) is 0.884. The minimum atomic E-state index is -0.634. The van der Waals surface area contributed by atoms with Crippen LogP contribution in [0.3, 0.4) is 0 Å². The lowest BCUT2D eigenvalue weighted by molar-refractivity contribution is 0.0775. The van der Waals surface area contributed by atoms with Gasteiger partial charge in [-0.15, -0.1) is 0 Å². The van der Waals surface area contributed by atoms with E-state index in [-0.39, 0.29) is 5.91 Å². The topological polar surface area (TPSA) is 88.6 Å². The highest BCUT2D eigenvalue weighted by atomic mass is 16.3. The van der Waals surface area contributed by atoms with Gasteiger partial charge in [0.2, 0.25) is 0 Å². The van der Waals surface area contributed by atoms with E-state index in [0.29, 0.717) is 29.6 Å². The number of urea groups is 1. The number of hydrogen-bond acceptors (Lipinski definition) is 3. The minimum Gasteiger partial charge on any atom is -0.464 e. The molecule has 6 nitrogen and oxygen atoms in total. The number of rotatable bonds is 5. The lowest BCUT2D eigenvalue weighted by Gasteiger charge is -2.16. The molecule has 1 aliphatic carbocycles. The molecule has 0 aliphatic heterocycles. The summed E-state index contributed by atoms with van der Waals surface area (Å²) >= 11 is 0. The zero-order valence-corrected chi connectivity index (χ0v) is 13.8. The van der Waals surface area contributed by atoms with Gasteiger partial charge in [0.1, 0.15) is 11.5 Å². The van der Waals surface area contributed by atoms with Crippen LogP contribution in [0.2, 0.25) is 0 Å². The third kappa shape index (κ3) is 3.59. The molecule has 0 unspecified atom stereocenters. The molecule has 0 radical (unpaired) electrons. The summed E-state index contributed by atoms with van der Waals surface area (Å²) in [7, 11) is 1.74. The fourth-order valence-corrected chi connectivity index (χ4v) is 2.76. The van der Waals surface area contributed by atoms with Gasteiger partial charge in [-0.2, -0.15) is 0 Å². The molecule has 1 aliphatic rings. The largest absolute Gasteiger partial charge is 0.464 e.